The maximum absolute atomic E-state index is 13.9. The molecule has 0 bridgehead atoms. The Morgan fingerprint density at radius 1 is 0.493 bits per heavy atom. The van der Waals surface area contributed by atoms with Crippen LogP contribution in [0, 0.1) is 0 Å². The van der Waals surface area contributed by atoms with Crippen molar-refractivity contribution >= 4 is 86.5 Å². The van der Waals surface area contributed by atoms with Gasteiger partial charge in [-0.1, -0.05) is 35.6 Å². The summed E-state index contributed by atoms with van der Waals surface area (Å²) in [4.78, 5) is 81.5. The number of carbonyl (C=O) groups excluding carboxylic acids is 5. The molecule has 360 valence electrons. The molecule has 5 amide bonds. The summed E-state index contributed by atoms with van der Waals surface area (Å²) in [5.41, 5.74) is 8.45. The molecule has 0 aromatic heterocycles. The highest BCUT2D eigenvalue weighted by Gasteiger charge is 2.41. The van der Waals surface area contributed by atoms with Gasteiger partial charge in [0.1, 0.15) is 31.1 Å². The summed E-state index contributed by atoms with van der Waals surface area (Å²) < 4.78 is 38.4. The van der Waals surface area contributed by atoms with Crippen LogP contribution in [0.5, 0.6) is 23.0 Å². The standard InChI is InChI=1S/C56H40N4O11SSi/c1-73(2,46-28-30-48-50(32-46)55(65)60(53(48)63)38-13-5-34(6-14-38)56(66)67)45-27-29-47-49(31-45)54(64)59(52(47)62)37-11-3-33(4-12-37)51(61)58-36-9-17-40(18-10-36)71-42-21-25-44(26-22-42)72(68,69)43-23-19-41(20-24-43)70-39-15-7-35(57)8-16-39/h3-32H,57H2,1-2H3,(H,58,61)(H,66,67). The van der Waals surface area contributed by atoms with Crippen LogP contribution in [-0.2, 0) is 9.84 Å². The summed E-state index contributed by atoms with van der Waals surface area (Å²) in [6, 6.07) is 47.3. The van der Waals surface area contributed by atoms with E-state index in [1.165, 1.54) is 72.8 Å². The number of hydrogen-bond donors (Lipinski definition) is 3. The third kappa shape index (κ3) is 8.90. The van der Waals surface area contributed by atoms with E-state index in [1.807, 2.05) is 13.1 Å². The number of nitrogens with two attached hydrogens (primary N) is 1. The summed E-state index contributed by atoms with van der Waals surface area (Å²) in [7, 11) is -6.51. The van der Waals surface area contributed by atoms with Crippen molar-refractivity contribution in [1.82, 2.24) is 0 Å². The van der Waals surface area contributed by atoms with Gasteiger partial charge in [-0.3, -0.25) is 24.0 Å². The van der Waals surface area contributed by atoms with Gasteiger partial charge in [-0.2, -0.15) is 0 Å². The van der Waals surface area contributed by atoms with Gasteiger partial charge in [-0.15, -0.1) is 0 Å². The molecule has 0 spiro atoms. The van der Waals surface area contributed by atoms with E-state index in [1.54, 1.807) is 109 Å². The number of anilines is 4. The molecular formula is C56H40N4O11SSi. The number of benzene rings is 8. The number of imide groups is 2. The van der Waals surface area contributed by atoms with Crippen molar-refractivity contribution < 1.29 is 51.8 Å². The molecule has 8 aromatic carbocycles. The average Bonchev–Trinajstić information content (AvgIpc) is 3.80. The van der Waals surface area contributed by atoms with Crippen LogP contribution in [-0.4, -0.2) is 57.1 Å². The third-order valence-electron chi connectivity index (χ3n) is 12.7. The quantitative estimate of drug-likeness (QED) is 0.0560. The molecule has 2 aliphatic heterocycles. The van der Waals surface area contributed by atoms with Crippen molar-refractivity contribution in [2.75, 3.05) is 20.9 Å². The van der Waals surface area contributed by atoms with Crippen molar-refractivity contribution in [2.45, 2.75) is 22.9 Å². The Balaban J connectivity index is 0.756. The number of nitrogen functional groups attached to an aromatic ring is 1. The zero-order valence-electron chi connectivity index (χ0n) is 38.7. The van der Waals surface area contributed by atoms with E-state index >= 15 is 0 Å². The Hall–Kier alpha value is -9.45. The smallest absolute Gasteiger partial charge is 0.335 e. The number of sulfone groups is 1. The van der Waals surface area contributed by atoms with Gasteiger partial charge < -0.3 is 25.6 Å². The second kappa shape index (κ2) is 18.4. The normalized spacial score (nSPS) is 13.2. The van der Waals surface area contributed by atoms with Crippen LogP contribution in [0.3, 0.4) is 0 Å². The lowest BCUT2D eigenvalue weighted by atomic mass is 10.1. The number of amides is 5. The number of aromatic carboxylic acids is 1. The number of rotatable bonds is 13. The van der Waals surface area contributed by atoms with Gasteiger partial charge >= 0.3 is 5.97 Å². The van der Waals surface area contributed by atoms with Crippen LogP contribution in [0.25, 0.3) is 0 Å². The zero-order chi connectivity index (χ0) is 51.3. The lowest BCUT2D eigenvalue weighted by molar-refractivity contribution is 0.0695. The summed E-state index contributed by atoms with van der Waals surface area (Å²) in [5.74, 6) is -1.84. The van der Waals surface area contributed by atoms with Gasteiger partial charge in [0, 0.05) is 16.9 Å². The molecule has 0 unspecified atom stereocenters. The minimum atomic E-state index is -3.84. The number of fused-ring (bicyclic) bond motifs is 2. The monoisotopic (exact) mass is 1000 g/mol. The molecule has 15 nitrogen and oxygen atoms in total. The van der Waals surface area contributed by atoms with Gasteiger partial charge in [-0.05, 0) is 170 Å². The Bertz CT molecular complexity index is 3700. The molecule has 4 N–H and O–H groups in total. The van der Waals surface area contributed by atoms with E-state index in [9.17, 15) is 42.3 Å². The highest BCUT2D eigenvalue weighted by atomic mass is 32.2. The number of ether oxygens (including phenoxy) is 2. The molecular weight excluding hydrogens is 965 g/mol. The van der Waals surface area contributed by atoms with Crippen molar-refractivity contribution in [2.24, 2.45) is 0 Å². The highest BCUT2D eigenvalue weighted by Crippen LogP contribution is 2.33. The first kappa shape index (κ1) is 47.2. The second-order valence-corrected chi connectivity index (χ2v) is 24.0. The van der Waals surface area contributed by atoms with Crippen molar-refractivity contribution in [3.8, 4) is 23.0 Å². The highest BCUT2D eigenvalue weighted by molar-refractivity contribution is 7.91. The predicted octanol–water partition coefficient (Wildman–Crippen LogP) is 9.06. The minimum absolute atomic E-state index is 0.0182. The molecule has 0 fully saturated rings. The Morgan fingerprint density at radius 3 is 1.27 bits per heavy atom. The second-order valence-electron chi connectivity index (χ2n) is 17.6. The van der Waals surface area contributed by atoms with E-state index in [4.69, 9.17) is 15.2 Å². The predicted molar refractivity (Wildman–Crippen MR) is 275 cm³/mol. The lowest BCUT2D eigenvalue weighted by Crippen LogP contribution is -2.53. The first-order valence-electron chi connectivity index (χ1n) is 22.5. The van der Waals surface area contributed by atoms with Crippen LogP contribution in [0.2, 0.25) is 13.1 Å². The molecule has 10 rings (SSSR count). The molecule has 0 saturated carbocycles. The SMILES string of the molecule is C[Si](C)(c1ccc2c(c1)C(=O)N(c1ccc(C(=O)O)cc1)C2=O)c1ccc2c(c1)C(=O)N(c1ccc(C(=O)Nc3ccc(Oc4ccc(S(=O)(=O)c5ccc(Oc6ccc(N)cc6)cc5)cc4)cc3)cc1)C2=O. The lowest BCUT2D eigenvalue weighted by Gasteiger charge is -2.24. The summed E-state index contributed by atoms with van der Waals surface area (Å²) in [6.07, 6.45) is 0. The third-order valence-corrected chi connectivity index (χ3v) is 18.0. The maximum atomic E-state index is 13.9. The van der Waals surface area contributed by atoms with Gasteiger partial charge in [0.2, 0.25) is 9.84 Å². The molecule has 73 heavy (non-hydrogen) atoms. The first-order chi connectivity index (χ1) is 35.0. The molecule has 0 saturated heterocycles. The average molecular weight is 1010 g/mol. The van der Waals surface area contributed by atoms with Gasteiger partial charge in [0.15, 0.2) is 0 Å². The van der Waals surface area contributed by atoms with E-state index in [0.29, 0.717) is 34.4 Å². The molecule has 0 atom stereocenters. The molecule has 0 aliphatic carbocycles. The summed E-state index contributed by atoms with van der Waals surface area (Å²) in [6.45, 7) is 4.07. The number of carboxylic acids is 1. The number of nitrogens with one attached hydrogen (secondary N) is 1. The maximum Gasteiger partial charge on any atom is 0.335 e. The number of hydrogen-bond acceptors (Lipinski definition) is 11. The van der Waals surface area contributed by atoms with Crippen LogP contribution in [0.1, 0.15) is 62.1 Å². The fourth-order valence-electron chi connectivity index (χ4n) is 8.54. The Morgan fingerprint density at radius 2 is 0.863 bits per heavy atom. The van der Waals surface area contributed by atoms with Crippen molar-refractivity contribution in [3.05, 3.63) is 215 Å². The molecule has 0 radical (unpaired) electrons. The largest absolute Gasteiger partial charge is 0.478 e. The fraction of sp³-hybridized carbons (Fsp3) is 0.0357. The van der Waals surface area contributed by atoms with E-state index in [-0.39, 0.29) is 54.5 Å². The molecule has 2 heterocycles. The van der Waals surface area contributed by atoms with E-state index in [2.05, 4.69) is 5.32 Å². The molecule has 2 aliphatic rings. The molecule has 8 aromatic rings. The van der Waals surface area contributed by atoms with Crippen LogP contribution in [0.4, 0.5) is 22.7 Å². The minimum Gasteiger partial charge on any atom is -0.478 e. The topological polar surface area (TPSA) is 220 Å². The molecule has 17 heteroatoms. The number of nitrogens with zero attached hydrogens (tertiary/aromatic N) is 2. The Kier molecular flexibility index (Phi) is 11.9. The van der Waals surface area contributed by atoms with Crippen molar-refractivity contribution in [3.63, 3.8) is 0 Å². The Labute approximate surface area is 418 Å². The van der Waals surface area contributed by atoms with Gasteiger partial charge in [0.25, 0.3) is 29.5 Å². The van der Waals surface area contributed by atoms with Crippen LogP contribution >= 0.6 is 0 Å². The van der Waals surface area contributed by atoms with Crippen molar-refractivity contribution in [1.29, 1.82) is 0 Å². The zero-order valence-corrected chi connectivity index (χ0v) is 40.5. The van der Waals surface area contributed by atoms with Gasteiger partial charge in [0.05, 0.1) is 49.0 Å². The van der Waals surface area contributed by atoms with Crippen LogP contribution in [0.15, 0.2) is 192 Å². The summed E-state index contributed by atoms with van der Waals surface area (Å²) in [5, 5.41) is 13.7. The van der Waals surface area contributed by atoms with Crippen LogP contribution < -0.4 is 40.7 Å². The fourth-order valence-corrected chi connectivity index (χ4v) is 12.1. The van der Waals surface area contributed by atoms with Gasteiger partial charge in [-0.25, -0.2) is 23.0 Å². The summed E-state index contributed by atoms with van der Waals surface area (Å²) >= 11 is 0. The number of carboxylic acid groups (broad SMARTS) is 1. The van der Waals surface area contributed by atoms with E-state index < -0.39 is 53.4 Å². The van der Waals surface area contributed by atoms with E-state index in [0.717, 1.165) is 20.2 Å². The first-order valence-corrected chi connectivity index (χ1v) is 27.0. The number of carbonyl (C=O) groups is 6.